The number of nitrogens with zero attached hydrogens (tertiary/aromatic N) is 2. The Kier molecular flexibility index (Phi) is 2.26. The zero-order valence-corrected chi connectivity index (χ0v) is 10.8. The number of halogens is 2. The normalized spacial score (nSPS) is 14.2. The van der Waals surface area contributed by atoms with Gasteiger partial charge in [-0.3, -0.25) is 4.40 Å². The van der Waals surface area contributed by atoms with Crippen LogP contribution in [0.5, 0.6) is 0 Å². The van der Waals surface area contributed by atoms with Gasteiger partial charge in [0, 0.05) is 22.3 Å². The lowest BCUT2D eigenvalue weighted by Gasteiger charge is -1.99. The van der Waals surface area contributed by atoms with Crippen molar-refractivity contribution < 1.29 is 8.78 Å². The second kappa shape index (κ2) is 3.87. The zero-order valence-electron chi connectivity index (χ0n) is 9.99. The molecule has 2 nitrogen and oxygen atoms in total. The molecule has 2 aromatic heterocycles. The van der Waals surface area contributed by atoms with Gasteiger partial charge in [0.1, 0.15) is 11.6 Å². The fourth-order valence-corrected chi connectivity index (χ4v) is 3.82. The summed E-state index contributed by atoms with van der Waals surface area (Å²) in [6.45, 7) is 0. The molecular weight excluding hydrogens is 266 g/mol. The van der Waals surface area contributed by atoms with Gasteiger partial charge in [-0.25, -0.2) is 13.8 Å². The van der Waals surface area contributed by atoms with Crippen LogP contribution in [0.4, 0.5) is 8.78 Å². The molecule has 0 radical (unpaired) electrons. The summed E-state index contributed by atoms with van der Waals surface area (Å²) < 4.78 is 29.0. The molecule has 1 aromatic carbocycles. The van der Waals surface area contributed by atoms with Crippen molar-refractivity contribution in [1.29, 1.82) is 0 Å². The van der Waals surface area contributed by atoms with Gasteiger partial charge >= 0.3 is 0 Å². The molecule has 2 heterocycles. The molecule has 0 bridgehead atoms. The van der Waals surface area contributed by atoms with Crippen molar-refractivity contribution >= 4 is 16.3 Å². The average Bonchev–Trinajstić information content (AvgIpc) is 3.03. The van der Waals surface area contributed by atoms with Crippen molar-refractivity contribution in [2.75, 3.05) is 0 Å². The Labute approximate surface area is 112 Å². The lowest BCUT2D eigenvalue weighted by molar-refractivity contribution is 0.603. The topological polar surface area (TPSA) is 17.3 Å². The number of fused-ring (bicyclic) bond motifs is 3. The average molecular weight is 276 g/mol. The quantitative estimate of drug-likeness (QED) is 0.660. The number of aryl methyl sites for hydroxylation is 2. The fraction of sp³-hybridized carbons (Fsp3) is 0.214. The van der Waals surface area contributed by atoms with E-state index in [1.165, 1.54) is 23.1 Å². The largest absolute Gasteiger partial charge is 0.294 e. The molecule has 96 valence electrons. The number of hydrogen-bond acceptors (Lipinski definition) is 2. The molecule has 0 amide bonds. The summed E-state index contributed by atoms with van der Waals surface area (Å²) in [5.74, 6) is -0.887. The number of benzene rings is 1. The maximum atomic E-state index is 13.8. The Morgan fingerprint density at radius 3 is 3.00 bits per heavy atom. The Morgan fingerprint density at radius 2 is 2.11 bits per heavy atom. The van der Waals surface area contributed by atoms with Gasteiger partial charge in [-0.05, 0) is 37.5 Å². The molecule has 0 unspecified atom stereocenters. The van der Waals surface area contributed by atoms with Crippen molar-refractivity contribution in [3.05, 3.63) is 46.6 Å². The molecule has 19 heavy (non-hydrogen) atoms. The minimum atomic E-state index is -0.446. The first-order valence-corrected chi connectivity index (χ1v) is 6.99. The van der Waals surface area contributed by atoms with Crippen LogP contribution < -0.4 is 0 Å². The van der Waals surface area contributed by atoms with Gasteiger partial charge in [0.15, 0.2) is 4.96 Å². The summed E-state index contributed by atoms with van der Waals surface area (Å²) in [6.07, 6.45) is 5.12. The Balaban J connectivity index is 1.92. The maximum Gasteiger partial charge on any atom is 0.194 e. The van der Waals surface area contributed by atoms with Crippen molar-refractivity contribution in [2.24, 2.45) is 0 Å². The van der Waals surface area contributed by atoms with Gasteiger partial charge < -0.3 is 0 Å². The lowest BCUT2D eigenvalue weighted by Crippen LogP contribution is -1.87. The highest BCUT2D eigenvalue weighted by Gasteiger charge is 2.20. The lowest BCUT2D eigenvalue weighted by atomic mass is 10.1. The molecule has 0 saturated carbocycles. The van der Waals surface area contributed by atoms with Gasteiger partial charge in [-0.15, -0.1) is 11.3 Å². The van der Waals surface area contributed by atoms with Gasteiger partial charge in [-0.1, -0.05) is 0 Å². The minimum absolute atomic E-state index is 0.225. The predicted molar refractivity (Wildman–Crippen MR) is 70.4 cm³/mol. The summed E-state index contributed by atoms with van der Waals surface area (Å²) in [5, 5.41) is 0. The van der Waals surface area contributed by atoms with Crippen LogP contribution >= 0.6 is 11.3 Å². The monoisotopic (exact) mass is 276 g/mol. The van der Waals surface area contributed by atoms with Crippen LogP contribution in [0, 0.1) is 11.6 Å². The SMILES string of the molecule is Fc1ccc(F)c(-c2cn3c4c(sc3n2)CCC4)c1. The van der Waals surface area contributed by atoms with E-state index >= 15 is 0 Å². The molecule has 1 aliphatic carbocycles. The number of imidazole rings is 1. The van der Waals surface area contributed by atoms with E-state index in [2.05, 4.69) is 4.98 Å². The van der Waals surface area contributed by atoms with Crippen molar-refractivity contribution in [3.8, 4) is 11.3 Å². The fourth-order valence-electron chi connectivity index (χ4n) is 2.63. The zero-order chi connectivity index (χ0) is 13.0. The molecule has 0 N–H and O–H groups in total. The van der Waals surface area contributed by atoms with Crippen LogP contribution in [0.2, 0.25) is 0 Å². The summed E-state index contributed by atoms with van der Waals surface area (Å²) >= 11 is 1.65. The van der Waals surface area contributed by atoms with Crippen molar-refractivity contribution in [1.82, 2.24) is 9.38 Å². The number of rotatable bonds is 1. The predicted octanol–water partition coefficient (Wildman–Crippen LogP) is 3.83. The Morgan fingerprint density at radius 1 is 1.21 bits per heavy atom. The number of thiazole rings is 1. The summed E-state index contributed by atoms with van der Waals surface area (Å²) in [6, 6.07) is 3.46. The van der Waals surface area contributed by atoms with E-state index in [9.17, 15) is 8.78 Å². The molecule has 1 aliphatic rings. The smallest absolute Gasteiger partial charge is 0.194 e. The highest BCUT2D eigenvalue weighted by atomic mass is 32.1. The van der Waals surface area contributed by atoms with Crippen LogP contribution in [0.3, 0.4) is 0 Å². The third-order valence-corrected chi connectivity index (χ3v) is 4.68. The molecule has 4 rings (SSSR count). The summed E-state index contributed by atoms with van der Waals surface area (Å²) in [7, 11) is 0. The Bertz CT molecular complexity index is 788. The van der Waals surface area contributed by atoms with Gasteiger partial charge in [0.2, 0.25) is 0 Å². The summed E-state index contributed by atoms with van der Waals surface area (Å²) in [5.41, 5.74) is 2.00. The second-order valence-electron chi connectivity index (χ2n) is 4.73. The van der Waals surface area contributed by atoms with E-state index in [4.69, 9.17) is 0 Å². The van der Waals surface area contributed by atoms with E-state index in [1.54, 1.807) is 11.3 Å². The first kappa shape index (κ1) is 11.1. The van der Waals surface area contributed by atoms with Gasteiger partial charge in [-0.2, -0.15) is 0 Å². The highest BCUT2D eigenvalue weighted by molar-refractivity contribution is 7.17. The van der Waals surface area contributed by atoms with E-state index in [-0.39, 0.29) is 5.56 Å². The molecule has 0 fully saturated rings. The van der Waals surface area contributed by atoms with Crippen molar-refractivity contribution in [2.45, 2.75) is 19.3 Å². The van der Waals surface area contributed by atoms with Crippen LogP contribution in [0.25, 0.3) is 16.2 Å². The third kappa shape index (κ3) is 1.61. The van der Waals surface area contributed by atoms with E-state index < -0.39 is 11.6 Å². The maximum absolute atomic E-state index is 13.8. The molecule has 0 spiro atoms. The van der Waals surface area contributed by atoms with E-state index in [0.29, 0.717) is 5.69 Å². The molecule has 3 aromatic rings. The van der Waals surface area contributed by atoms with E-state index in [0.717, 1.165) is 29.9 Å². The van der Waals surface area contributed by atoms with Crippen molar-refractivity contribution in [3.63, 3.8) is 0 Å². The molecular formula is C14H10F2N2S. The van der Waals surface area contributed by atoms with Crippen LogP contribution in [0.1, 0.15) is 17.0 Å². The van der Waals surface area contributed by atoms with Crippen LogP contribution in [-0.2, 0) is 12.8 Å². The molecule has 0 saturated heterocycles. The highest BCUT2D eigenvalue weighted by Crippen LogP contribution is 2.33. The standard InChI is InChI=1S/C14H10F2N2S/c15-8-4-5-10(16)9(6-8)11-7-18-12-2-1-3-13(12)19-14(18)17-11/h4-7H,1-3H2. The first-order valence-electron chi connectivity index (χ1n) is 6.17. The molecule has 0 aliphatic heterocycles. The van der Waals surface area contributed by atoms with Gasteiger partial charge in [0.05, 0.1) is 5.69 Å². The van der Waals surface area contributed by atoms with Crippen LogP contribution in [-0.4, -0.2) is 9.38 Å². The molecule has 0 atom stereocenters. The number of hydrogen-bond donors (Lipinski definition) is 0. The summed E-state index contributed by atoms with van der Waals surface area (Å²) in [4.78, 5) is 6.66. The number of aromatic nitrogens is 2. The Hall–Kier alpha value is -1.75. The van der Waals surface area contributed by atoms with Crippen LogP contribution in [0.15, 0.2) is 24.4 Å². The van der Waals surface area contributed by atoms with Gasteiger partial charge in [0.25, 0.3) is 0 Å². The molecule has 5 heteroatoms. The minimum Gasteiger partial charge on any atom is -0.294 e. The third-order valence-electron chi connectivity index (χ3n) is 3.52. The second-order valence-corrected chi connectivity index (χ2v) is 5.79. The van der Waals surface area contributed by atoms with E-state index in [1.807, 2.05) is 10.6 Å². The first-order chi connectivity index (χ1) is 9.22.